The highest BCUT2D eigenvalue weighted by molar-refractivity contribution is 9.10. The van der Waals surface area contributed by atoms with Crippen molar-refractivity contribution in [2.75, 3.05) is 5.73 Å². The van der Waals surface area contributed by atoms with E-state index in [-0.39, 0.29) is 0 Å². The summed E-state index contributed by atoms with van der Waals surface area (Å²) in [5.41, 5.74) is 6.48. The Morgan fingerprint density at radius 1 is 1.38 bits per heavy atom. The van der Waals surface area contributed by atoms with Gasteiger partial charge in [0.15, 0.2) is 0 Å². The Bertz CT molecular complexity index is 498. The average molecular weight is 335 g/mol. The smallest absolute Gasteiger partial charge is 0.0543 e. The summed E-state index contributed by atoms with van der Waals surface area (Å²) in [4.78, 5) is 2.34. The van der Waals surface area contributed by atoms with Crippen molar-refractivity contribution >= 4 is 56.3 Å². The van der Waals surface area contributed by atoms with Crippen LogP contribution in [-0.4, -0.2) is 0 Å². The molecule has 0 unspecified atom stereocenters. The maximum atomic E-state index is 6.09. The number of nitrogens with two attached hydrogens (primary N) is 1. The molecule has 1 nitrogen and oxygen atoms in total. The van der Waals surface area contributed by atoms with Gasteiger partial charge in [-0.05, 0) is 45.6 Å². The van der Waals surface area contributed by atoms with E-state index in [0.717, 1.165) is 25.8 Å². The lowest BCUT2D eigenvalue weighted by Crippen LogP contribution is -1.85. The summed E-state index contributed by atoms with van der Waals surface area (Å²) in [5.74, 6) is 0.904. The molecule has 0 fully saturated rings. The summed E-state index contributed by atoms with van der Waals surface area (Å²) in [6, 6.07) is 7.62. The number of hydrogen-bond donors (Lipinski definition) is 1. The number of hydrogen-bond acceptors (Lipinski definition) is 3. The molecule has 0 aliphatic carbocycles. The van der Waals surface area contributed by atoms with Gasteiger partial charge in [-0.2, -0.15) is 0 Å². The van der Waals surface area contributed by atoms with Crippen molar-refractivity contribution in [1.29, 1.82) is 0 Å². The largest absolute Gasteiger partial charge is 0.399 e. The van der Waals surface area contributed by atoms with Crippen LogP contribution >= 0.6 is 50.6 Å². The first-order valence-electron chi connectivity index (χ1n) is 4.56. The van der Waals surface area contributed by atoms with Gasteiger partial charge in [0, 0.05) is 25.7 Å². The molecule has 2 rings (SSSR count). The molecule has 2 aromatic rings. The molecular formula is C11H9BrClNS2. The fraction of sp³-hybridized carbons (Fsp3) is 0.0909. The molecule has 0 radical (unpaired) electrons. The third kappa shape index (κ3) is 2.94. The highest BCUT2D eigenvalue weighted by Crippen LogP contribution is 2.34. The van der Waals surface area contributed by atoms with Crippen LogP contribution in [0.15, 0.2) is 39.0 Å². The van der Waals surface area contributed by atoms with Gasteiger partial charge >= 0.3 is 0 Å². The fourth-order valence-corrected chi connectivity index (χ4v) is 4.26. The molecule has 0 atom stereocenters. The van der Waals surface area contributed by atoms with Crippen LogP contribution in [0.2, 0.25) is 5.02 Å². The van der Waals surface area contributed by atoms with Crippen LogP contribution in [0.3, 0.4) is 0 Å². The van der Waals surface area contributed by atoms with Gasteiger partial charge in [0.1, 0.15) is 0 Å². The van der Waals surface area contributed by atoms with E-state index in [1.807, 2.05) is 18.2 Å². The predicted octanol–water partition coefficient (Wildman–Crippen LogP) is 5.04. The van der Waals surface area contributed by atoms with E-state index in [1.165, 1.54) is 4.88 Å². The van der Waals surface area contributed by atoms with Crippen molar-refractivity contribution in [3.8, 4) is 0 Å². The molecule has 1 aromatic heterocycles. The van der Waals surface area contributed by atoms with Crippen LogP contribution in [0.5, 0.6) is 0 Å². The van der Waals surface area contributed by atoms with E-state index < -0.39 is 0 Å². The molecule has 0 spiro atoms. The van der Waals surface area contributed by atoms with Crippen molar-refractivity contribution in [1.82, 2.24) is 0 Å². The number of anilines is 1. The van der Waals surface area contributed by atoms with Crippen molar-refractivity contribution in [2.24, 2.45) is 0 Å². The Morgan fingerprint density at radius 3 is 2.88 bits per heavy atom. The third-order valence-corrected chi connectivity index (χ3v) is 5.64. The summed E-state index contributed by atoms with van der Waals surface area (Å²) in [6.07, 6.45) is 0. The van der Waals surface area contributed by atoms with Gasteiger partial charge in [-0.15, -0.1) is 23.1 Å². The van der Waals surface area contributed by atoms with E-state index in [2.05, 4.69) is 27.4 Å². The summed E-state index contributed by atoms with van der Waals surface area (Å²) < 4.78 is 1.16. The second-order valence-electron chi connectivity index (χ2n) is 3.17. The number of nitrogen functional groups attached to an aromatic ring is 1. The molecule has 1 aromatic carbocycles. The van der Waals surface area contributed by atoms with E-state index in [9.17, 15) is 0 Å². The first-order chi connectivity index (χ1) is 7.66. The first kappa shape index (κ1) is 12.3. The Morgan fingerprint density at radius 2 is 2.19 bits per heavy atom. The average Bonchev–Trinajstić information content (AvgIpc) is 2.66. The van der Waals surface area contributed by atoms with Crippen molar-refractivity contribution in [2.45, 2.75) is 10.6 Å². The molecule has 16 heavy (non-hydrogen) atoms. The van der Waals surface area contributed by atoms with Crippen molar-refractivity contribution < 1.29 is 0 Å². The Labute approximate surface area is 116 Å². The summed E-state index contributed by atoms with van der Waals surface area (Å²) >= 11 is 13.0. The zero-order chi connectivity index (χ0) is 11.5. The van der Waals surface area contributed by atoms with Crippen LogP contribution in [0.25, 0.3) is 0 Å². The lowest BCUT2D eigenvalue weighted by atomic mass is 10.3. The lowest BCUT2D eigenvalue weighted by molar-refractivity contribution is 1.42. The summed E-state index contributed by atoms with van der Waals surface area (Å²) in [7, 11) is 0. The first-order valence-corrected chi connectivity index (χ1v) is 7.60. The molecule has 0 saturated carbocycles. The minimum absolute atomic E-state index is 0.747. The van der Waals surface area contributed by atoms with Gasteiger partial charge in [0.2, 0.25) is 0 Å². The summed E-state index contributed by atoms with van der Waals surface area (Å²) in [6.45, 7) is 0. The molecule has 0 saturated heterocycles. The second-order valence-corrected chi connectivity index (χ2v) is 6.45. The monoisotopic (exact) mass is 333 g/mol. The molecule has 0 amide bonds. The number of thiophene rings is 1. The normalized spacial score (nSPS) is 10.6. The minimum atomic E-state index is 0.747. The molecule has 1 heterocycles. The van der Waals surface area contributed by atoms with Crippen LogP contribution in [0, 0.1) is 0 Å². The number of thioether (sulfide) groups is 1. The highest BCUT2D eigenvalue weighted by Gasteiger charge is 2.05. The van der Waals surface area contributed by atoms with Gasteiger partial charge < -0.3 is 5.73 Å². The lowest BCUT2D eigenvalue weighted by Gasteiger charge is -2.04. The molecule has 0 aliphatic rings. The number of rotatable bonds is 3. The number of halogens is 2. The van der Waals surface area contributed by atoms with Gasteiger partial charge in [-0.3, -0.25) is 0 Å². The van der Waals surface area contributed by atoms with Gasteiger partial charge in [0.05, 0.1) is 5.02 Å². The molecule has 0 bridgehead atoms. The Balaban J connectivity index is 2.10. The minimum Gasteiger partial charge on any atom is -0.399 e. The van der Waals surface area contributed by atoms with E-state index in [4.69, 9.17) is 17.3 Å². The second kappa shape index (κ2) is 5.45. The van der Waals surface area contributed by atoms with E-state index in [0.29, 0.717) is 0 Å². The Kier molecular flexibility index (Phi) is 4.19. The SMILES string of the molecule is Nc1ccc(Cl)c(SCc2sccc2Br)c1. The molecule has 84 valence electrons. The van der Waals surface area contributed by atoms with Gasteiger partial charge in [-0.25, -0.2) is 0 Å². The zero-order valence-electron chi connectivity index (χ0n) is 8.24. The van der Waals surface area contributed by atoms with Gasteiger partial charge in [0.25, 0.3) is 0 Å². The van der Waals surface area contributed by atoms with Crippen LogP contribution in [0.4, 0.5) is 5.69 Å². The summed E-state index contributed by atoms with van der Waals surface area (Å²) in [5, 5.41) is 2.83. The zero-order valence-corrected chi connectivity index (χ0v) is 12.2. The fourth-order valence-electron chi connectivity index (χ4n) is 1.20. The molecular weight excluding hydrogens is 326 g/mol. The maximum Gasteiger partial charge on any atom is 0.0543 e. The van der Waals surface area contributed by atoms with Gasteiger partial charge in [-0.1, -0.05) is 11.6 Å². The van der Waals surface area contributed by atoms with Crippen LogP contribution < -0.4 is 5.73 Å². The Hall–Kier alpha value is -0.160. The van der Waals surface area contributed by atoms with Crippen molar-refractivity contribution in [3.63, 3.8) is 0 Å². The van der Waals surface area contributed by atoms with Crippen LogP contribution in [-0.2, 0) is 5.75 Å². The van der Waals surface area contributed by atoms with E-state index >= 15 is 0 Å². The quantitative estimate of drug-likeness (QED) is 0.628. The molecule has 5 heteroatoms. The van der Waals surface area contributed by atoms with E-state index in [1.54, 1.807) is 23.1 Å². The topological polar surface area (TPSA) is 26.0 Å². The standard InChI is InChI=1S/C11H9BrClNS2/c12-8-3-4-15-11(8)6-16-10-5-7(14)1-2-9(10)13/h1-5H,6,14H2. The third-order valence-electron chi connectivity index (χ3n) is 2.01. The predicted molar refractivity (Wildman–Crippen MR) is 77.4 cm³/mol. The number of benzene rings is 1. The van der Waals surface area contributed by atoms with Crippen molar-refractivity contribution in [3.05, 3.63) is 44.0 Å². The highest BCUT2D eigenvalue weighted by atomic mass is 79.9. The maximum absolute atomic E-state index is 6.09. The molecule has 2 N–H and O–H groups in total. The molecule has 0 aliphatic heterocycles. The van der Waals surface area contributed by atoms with Crippen LogP contribution in [0.1, 0.15) is 4.88 Å².